The van der Waals surface area contributed by atoms with Crippen molar-refractivity contribution in [1.82, 2.24) is 4.90 Å². The molecule has 2 aromatic carbocycles. The molecule has 208 valence electrons. The molecule has 1 aliphatic carbocycles. The van der Waals surface area contributed by atoms with Gasteiger partial charge in [0.1, 0.15) is 5.75 Å². The number of aryl methyl sites for hydroxylation is 1. The predicted octanol–water partition coefficient (Wildman–Crippen LogP) is 5.72. The molecule has 0 spiro atoms. The Balaban J connectivity index is 1.26. The molecule has 1 amide bonds. The number of anilines is 1. The standard InChI is InChI=1S/C32H46N2O4/c1-23-7-6-16-34(19-23)20-28-10-13-29(17-24(28)2)33(4)32(36)27-11-14-30(15-12-27)38-31-9-5-8-26(18-31)22-37-21-25(3)35/h5,8-10,13,17-18,23,25,27,30,35H,6-7,11-12,14-16,19-22H2,1-4H3/t23-,25-,27?,30?/m1/s1. The smallest absolute Gasteiger partial charge is 0.229 e. The molecule has 1 aliphatic heterocycles. The molecule has 1 N–H and O–H groups in total. The third-order valence-electron chi connectivity index (χ3n) is 8.03. The van der Waals surface area contributed by atoms with Gasteiger partial charge in [-0.2, -0.15) is 0 Å². The van der Waals surface area contributed by atoms with E-state index >= 15 is 0 Å². The van der Waals surface area contributed by atoms with Gasteiger partial charge < -0.3 is 19.5 Å². The molecule has 6 nitrogen and oxygen atoms in total. The highest BCUT2D eigenvalue weighted by Gasteiger charge is 2.30. The number of ether oxygens (including phenoxy) is 2. The molecule has 2 aromatic rings. The van der Waals surface area contributed by atoms with Crippen LogP contribution in [-0.2, 0) is 22.7 Å². The van der Waals surface area contributed by atoms with Crippen LogP contribution >= 0.6 is 0 Å². The molecule has 2 atom stereocenters. The Morgan fingerprint density at radius 3 is 2.63 bits per heavy atom. The molecule has 0 aromatic heterocycles. The van der Waals surface area contributed by atoms with Crippen molar-refractivity contribution < 1.29 is 19.4 Å². The van der Waals surface area contributed by atoms with Gasteiger partial charge in [0.2, 0.25) is 5.91 Å². The van der Waals surface area contributed by atoms with Gasteiger partial charge in [-0.25, -0.2) is 0 Å². The lowest BCUT2D eigenvalue weighted by molar-refractivity contribution is -0.123. The molecular weight excluding hydrogens is 476 g/mol. The van der Waals surface area contributed by atoms with Crippen molar-refractivity contribution in [2.24, 2.45) is 11.8 Å². The van der Waals surface area contributed by atoms with Crippen molar-refractivity contribution in [2.75, 3.05) is 31.6 Å². The number of hydrogen-bond acceptors (Lipinski definition) is 5. The van der Waals surface area contributed by atoms with Gasteiger partial charge in [0.15, 0.2) is 0 Å². The Morgan fingerprint density at radius 1 is 1.13 bits per heavy atom. The summed E-state index contributed by atoms with van der Waals surface area (Å²) < 4.78 is 11.8. The maximum Gasteiger partial charge on any atom is 0.229 e. The minimum atomic E-state index is -0.469. The van der Waals surface area contributed by atoms with E-state index in [1.54, 1.807) is 6.92 Å². The highest BCUT2D eigenvalue weighted by Crippen LogP contribution is 2.31. The first kappa shape index (κ1) is 28.6. The van der Waals surface area contributed by atoms with Crippen LogP contribution in [0.3, 0.4) is 0 Å². The van der Waals surface area contributed by atoms with E-state index in [2.05, 4.69) is 36.9 Å². The second kappa shape index (κ2) is 13.6. The molecule has 0 unspecified atom stereocenters. The Labute approximate surface area is 228 Å². The summed E-state index contributed by atoms with van der Waals surface area (Å²) >= 11 is 0. The van der Waals surface area contributed by atoms with Gasteiger partial charge in [0, 0.05) is 31.7 Å². The number of likely N-dealkylation sites (tertiary alicyclic amines) is 1. The zero-order chi connectivity index (χ0) is 27.1. The molecule has 38 heavy (non-hydrogen) atoms. The number of aliphatic hydroxyl groups is 1. The summed E-state index contributed by atoms with van der Waals surface area (Å²) in [5, 5.41) is 9.37. The van der Waals surface area contributed by atoms with Crippen LogP contribution in [0.5, 0.6) is 5.75 Å². The zero-order valence-electron chi connectivity index (χ0n) is 23.7. The highest BCUT2D eigenvalue weighted by atomic mass is 16.5. The number of benzene rings is 2. The molecular formula is C32H46N2O4. The number of piperidine rings is 1. The molecule has 1 saturated carbocycles. The minimum absolute atomic E-state index is 0.0369. The Kier molecular flexibility index (Phi) is 10.2. The molecule has 0 bridgehead atoms. The van der Waals surface area contributed by atoms with Crippen molar-refractivity contribution in [3.05, 3.63) is 59.2 Å². The number of carbonyl (C=O) groups excluding carboxylic acids is 1. The van der Waals surface area contributed by atoms with E-state index in [-0.39, 0.29) is 17.9 Å². The van der Waals surface area contributed by atoms with Crippen LogP contribution in [0.2, 0.25) is 0 Å². The van der Waals surface area contributed by atoms with Crippen molar-refractivity contribution >= 4 is 11.6 Å². The van der Waals surface area contributed by atoms with Crippen LogP contribution in [0.25, 0.3) is 0 Å². The summed E-state index contributed by atoms with van der Waals surface area (Å²) in [6.07, 6.45) is 5.71. The molecule has 6 heteroatoms. The van der Waals surface area contributed by atoms with E-state index in [0.717, 1.165) is 55.1 Å². The van der Waals surface area contributed by atoms with E-state index in [0.29, 0.717) is 13.2 Å². The number of rotatable bonds is 10. The number of amides is 1. The summed E-state index contributed by atoms with van der Waals surface area (Å²) in [4.78, 5) is 17.8. The fourth-order valence-electron chi connectivity index (χ4n) is 5.81. The average Bonchev–Trinajstić information content (AvgIpc) is 2.89. The van der Waals surface area contributed by atoms with Crippen molar-refractivity contribution in [1.29, 1.82) is 0 Å². The lowest BCUT2D eigenvalue weighted by Gasteiger charge is -2.32. The molecule has 1 saturated heterocycles. The SMILES string of the molecule is Cc1cc(N(C)C(=O)C2CCC(Oc3cccc(COC[C@@H](C)O)c3)CC2)ccc1CN1CCC[C@@H](C)C1. The van der Waals surface area contributed by atoms with Gasteiger partial charge >= 0.3 is 0 Å². The fourth-order valence-corrected chi connectivity index (χ4v) is 5.81. The van der Waals surface area contributed by atoms with Crippen LogP contribution in [0.1, 0.15) is 69.1 Å². The quantitative estimate of drug-likeness (QED) is 0.432. The monoisotopic (exact) mass is 522 g/mol. The topological polar surface area (TPSA) is 62.2 Å². The first-order valence-corrected chi connectivity index (χ1v) is 14.4. The second-order valence-electron chi connectivity index (χ2n) is 11.6. The Morgan fingerprint density at radius 2 is 1.92 bits per heavy atom. The van der Waals surface area contributed by atoms with Crippen LogP contribution in [-0.4, -0.2) is 54.9 Å². The van der Waals surface area contributed by atoms with Crippen LogP contribution in [0.15, 0.2) is 42.5 Å². The van der Waals surface area contributed by atoms with Gasteiger partial charge in [-0.1, -0.05) is 25.1 Å². The Hall–Kier alpha value is -2.41. The fraction of sp³-hybridized carbons (Fsp3) is 0.594. The van der Waals surface area contributed by atoms with E-state index in [1.807, 2.05) is 36.2 Å². The van der Waals surface area contributed by atoms with Gasteiger partial charge in [0.05, 0.1) is 25.4 Å². The van der Waals surface area contributed by atoms with E-state index < -0.39 is 6.10 Å². The van der Waals surface area contributed by atoms with Crippen molar-refractivity contribution in [3.63, 3.8) is 0 Å². The average molecular weight is 523 g/mol. The van der Waals surface area contributed by atoms with Crippen molar-refractivity contribution in [3.8, 4) is 5.75 Å². The van der Waals surface area contributed by atoms with E-state index in [4.69, 9.17) is 9.47 Å². The third-order valence-corrected chi connectivity index (χ3v) is 8.03. The number of hydrogen-bond donors (Lipinski definition) is 1. The molecule has 2 fully saturated rings. The van der Waals surface area contributed by atoms with Crippen LogP contribution in [0.4, 0.5) is 5.69 Å². The van der Waals surface area contributed by atoms with Gasteiger partial charge in [-0.15, -0.1) is 0 Å². The summed E-state index contributed by atoms with van der Waals surface area (Å²) in [5.74, 6) is 1.86. The zero-order valence-corrected chi connectivity index (χ0v) is 23.7. The first-order chi connectivity index (χ1) is 18.3. The molecule has 2 aliphatic rings. The predicted molar refractivity (Wildman–Crippen MR) is 152 cm³/mol. The summed E-state index contributed by atoms with van der Waals surface area (Å²) in [6.45, 7) is 10.4. The second-order valence-corrected chi connectivity index (χ2v) is 11.6. The molecule has 4 rings (SSSR count). The molecule has 0 radical (unpaired) electrons. The summed E-state index contributed by atoms with van der Waals surface area (Å²) in [7, 11) is 1.91. The summed E-state index contributed by atoms with van der Waals surface area (Å²) in [6, 6.07) is 14.4. The number of aliphatic hydroxyl groups excluding tert-OH is 1. The van der Waals surface area contributed by atoms with E-state index in [1.165, 1.54) is 37.1 Å². The lowest BCUT2D eigenvalue weighted by atomic mass is 9.86. The van der Waals surface area contributed by atoms with Gasteiger partial charge in [-0.3, -0.25) is 9.69 Å². The minimum Gasteiger partial charge on any atom is -0.490 e. The molecule has 1 heterocycles. The van der Waals surface area contributed by atoms with Gasteiger partial charge in [-0.05, 0) is 106 Å². The number of carbonyl (C=O) groups is 1. The highest BCUT2D eigenvalue weighted by molar-refractivity contribution is 5.94. The third kappa shape index (κ3) is 8.05. The van der Waals surface area contributed by atoms with Crippen molar-refractivity contribution in [2.45, 2.75) is 84.7 Å². The van der Waals surface area contributed by atoms with E-state index in [9.17, 15) is 9.90 Å². The van der Waals surface area contributed by atoms with Crippen LogP contribution < -0.4 is 9.64 Å². The normalized spacial score (nSPS) is 23.1. The number of nitrogens with zero attached hydrogens (tertiary/aromatic N) is 2. The van der Waals surface area contributed by atoms with Crippen LogP contribution in [0, 0.1) is 18.8 Å². The maximum absolute atomic E-state index is 13.4. The van der Waals surface area contributed by atoms with Gasteiger partial charge in [0.25, 0.3) is 0 Å². The summed E-state index contributed by atoms with van der Waals surface area (Å²) in [5.41, 5.74) is 4.63. The first-order valence-electron chi connectivity index (χ1n) is 14.4. The lowest BCUT2D eigenvalue weighted by Crippen LogP contribution is -2.37. The largest absolute Gasteiger partial charge is 0.490 e. The Bertz CT molecular complexity index is 1050. The maximum atomic E-state index is 13.4.